The molecular formula is C27H27N3O7. The monoisotopic (exact) mass is 505 g/mol. The number of rotatable bonds is 4. The number of nitrogens with zero attached hydrogens (tertiary/aromatic N) is 2. The molecule has 3 aliphatic rings. The molecule has 10 heteroatoms. The molecule has 0 unspecified atom stereocenters. The molecule has 0 radical (unpaired) electrons. The first-order valence-corrected chi connectivity index (χ1v) is 11.8. The largest absolute Gasteiger partial charge is 0.508 e. The van der Waals surface area contributed by atoms with Crippen LogP contribution in [0.4, 0.5) is 0 Å². The first-order chi connectivity index (χ1) is 17.5. The number of hydrogen-bond donors (Lipinski definition) is 5. The van der Waals surface area contributed by atoms with Gasteiger partial charge in [0.1, 0.15) is 22.8 Å². The van der Waals surface area contributed by atoms with Gasteiger partial charge in [-0.25, -0.2) is 0 Å². The fourth-order valence-electron chi connectivity index (χ4n) is 5.77. The molecular weight excluding hydrogens is 478 g/mol. The standard InChI is InChI=1S/C27H27N3O7/c1-30(2)21-16-12-14-11-15-13(7-5-3-4-6-10-28)8-9-17(31)19(15)22(32)18(14)24(34)27(16,37)25(35)20(23(21)33)26(29)36/h8-9,14,16,21,31-32,35,37H,3-4,6,11-12H2,1-2H3,(H2,29,36)/t14-,16-,21-,27-/m0/s1. The van der Waals surface area contributed by atoms with Crippen molar-refractivity contribution in [1.29, 1.82) is 5.26 Å². The predicted molar refractivity (Wildman–Crippen MR) is 131 cm³/mol. The van der Waals surface area contributed by atoms with Gasteiger partial charge in [0.2, 0.25) is 5.78 Å². The minimum atomic E-state index is -2.67. The molecule has 37 heavy (non-hydrogen) atoms. The Balaban J connectivity index is 1.88. The van der Waals surface area contributed by atoms with Crippen LogP contribution in [0.2, 0.25) is 0 Å². The van der Waals surface area contributed by atoms with Crippen LogP contribution in [0.3, 0.4) is 0 Å². The number of aromatic hydroxyl groups is 1. The third-order valence-corrected chi connectivity index (χ3v) is 7.42. The highest BCUT2D eigenvalue weighted by Gasteiger charge is 2.64. The lowest BCUT2D eigenvalue weighted by atomic mass is 9.57. The summed E-state index contributed by atoms with van der Waals surface area (Å²) < 4.78 is 0. The van der Waals surface area contributed by atoms with E-state index in [2.05, 4.69) is 17.9 Å². The molecule has 4 atom stereocenters. The average molecular weight is 506 g/mol. The number of likely N-dealkylation sites (N-methyl/N-ethyl adjacent to an activating group) is 1. The smallest absolute Gasteiger partial charge is 0.255 e. The number of ketones is 2. The summed E-state index contributed by atoms with van der Waals surface area (Å²) in [5.41, 5.74) is 2.64. The molecule has 0 bridgehead atoms. The summed E-state index contributed by atoms with van der Waals surface area (Å²) in [5, 5.41) is 52.9. The molecule has 0 aromatic heterocycles. The molecule has 0 spiro atoms. The maximum Gasteiger partial charge on any atom is 0.255 e. The van der Waals surface area contributed by atoms with Crippen molar-refractivity contribution < 1.29 is 34.8 Å². The van der Waals surface area contributed by atoms with Gasteiger partial charge in [-0.3, -0.25) is 19.3 Å². The summed E-state index contributed by atoms with van der Waals surface area (Å²) in [6.45, 7) is 0. The highest BCUT2D eigenvalue weighted by molar-refractivity contribution is 6.24. The highest BCUT2D eigenvalue weighted by Crippen LogP contribution is 2.52. The number of nitrogens with two attached hydrogens (primary N) is 1. The number of carbonyl (C=O) groups excluding carboxylic acids is 3. The molecule has 1 fully saturated rings. The van der Waals surface area contributed by atoms with Gasteiger partial charge in [0.25, 0.3) is 5.91 Å². The number of aliphatic hydroxyl groups is 3. The number of benzene rings is 1. The van der Waals surface area contributed by atoms with Crippen LogP contribution >= 0.6 is 0 Å². The minimum absolute atomic E-state index is 0.000106. The van der Waals surface area contributed by atoms with Crippen molar-refractivity contribution in [2.75, 3.05) is 14.1 Å². The first-order valence-electron chi connectivity index (χ1n) is 11.8. The van der Waals surface area contributed by atoms with Crippen molar-refractivity contribution in [3.05, 3.63) is 45.7 Å². The van der Waals surface area contributed by atoms with Gasteiger partial charge < -0.3 is 26.2 Å². The van der Waals surface area contributed by atoms with Crippen LogP contribution in [0.5, 0.6) is 5.75 Å². The quantitative estimate of drug-likeness (QED) is 0.226. The fourth-order valence-corrected chi connectivity index (χ4v) is 5.77. The molecule has 0 aliphatic heterocycles. The average Bonchev–Trinajstić information content (AvgIpc) is 2.82. The molecule has 4 rings (SSSR count). The zero-order chi connectivity index (χ0) is 27.2. The Hall–Kier alpha value is -4.12. The molecule has 1 aromatic rings. The molecule has 0 saturated heterocycles. The van der Waals surface area contributed by atoms with Gasteiger partial charge in [-0.1, -0.05) is 11.8 Å². The lowest BCUT2D eigenvalue weighted by molar-refractivity contribution is -0.153. The summed E-state index contributed by atoms with van der Waals surface area (Å²) in [5.74, 6) is -0.909. The van der Waals surface area contributed by atoms with Gasteiger partial charge in [-0.05, 0) is 57.0 Å². The van der Waals surface area contributed by atoms with E-state index in [1.54, 1.807) is 20.2 Å². The number of amides is 1. The van der Waals surface area contributed by atoms with Crippen molar-refractivity contribution in [1.82, 2.24) is 4.90 Å². The SMILES string of the molecule is CN(C)[C@@H]1C(=O)C(C(N)=O)=C(O)[C@@]2(O)C(=O)C3=C(O)c4c(O)ccc(C#CCCCC#N)c4C[C@H]3C[C@@H]12. The van der Waals surface area contributed by atoms with Crippen LogP contribution in [-0.2, 0) is 20.8 Å². The van der Waals surface area contributed by atoms with E-state index in [0.717, 1.165) is 0 Å². The zero-order valence-electron chi connectivity index (χ0n) is 20.4. The van der Waals surface area contributed by atoms with E-state index in [0.29, 0.717) is 30.4 Å². The topological polar surface area (TPSA) is 185 Å². The van der Waals surface area contributed by atoms with Crippen LogP contribution in [0, 0.1) is 35.0 Å². The van der Waals surface area contributed by atoms with Crippen molar-refractivity contribution in [3.63, 3.8) is 0 Å². The number of unbranched alkanes of at least 4 members (excludes halogenated alkanes) is 2. The molecule has 0 heterocycles. The summed E-state index contributed by atoms with van der Waals surface area (Å²) in [7, 11) is 3.09. The molecule has 1 saturated carbocycles. The second-order valence-corrected chi connectivity index (χ2v) is 9.76. The Bertz CT molecular complexity index is 1390. The normalized spacial score (nSPS) is 26.6. The molecule has 192 valence electrons. The van der Waals surface area contributed by atoms with E-state index in [1.165, 1.54) is 11.0 Å². The van der Waals surface area contributed by atoms with Crippen molar-refractivity contribution in [2.24, 2.45) is 17.6 Å². The van der Waals surface area contributed by atoms with E-state index >= 15 is 0 Å². The van der Waals surface area contributed by atoms with Gasteiger partial charge >= 0.3 is 0 Å². The number of phenolic OH excluding ortho intramolecular Hbond substituents is 1. The third kappa shape index (κ3) is 3.86. The summed E-state index contributed by atoms with van der Waals surface area (Å²) in [4.78, 5) is 40.4. The number of phenols is 1. The van der Waals surface area contributed by atoms with Crippen LogP contribution in [0.15, 0.2) is 29.0 Å². The van der Waals surface area contributed by atoms with Crippen molar-refractivity contribution >= 4 is 23.2 Å². The van der Waals surface area contributed by atoms with E-state index in [9.17, 15) is 34.8 Å². The Morgan fingerprint density at radius 1 is 1.22 bits per heavy atom. The van der Waals surface area contributed by atoms with Gasteiger partial charge in [0.15, 0.2) is 11.4 Å². The van der Waals surface area contributed by atoms with Gasteiger partial charge in [-0.2, -0.15) is 5.26 Å². The first kappa shape index (κ1) is 26.0. The zero-order valence-corrected chi connectivity index (χ0v) is 20.4. The number of hydrogen-bond acceptors (Lipinski definition) is 9. The number of aliphatic hydroxyl groups excluding tert-OH is 2. The molecule has 1 aromatic carbocycles. The lowest BCUT2D eigenvalue weighted by Crippen LogP contribution is -2.65. The highest BCUT2D eigenvalue weighted by atomic mass is 16.3. The summed E-state index contributed by atoms with van der Waals surface area (Å²) >= 11 is 0. The van der Waals surface area contributed by atoms with Crippen molar-refractivity contribution in [2.45, 2.75) is 43.7 Å². The maximum atomic E-state index is 13.8. The van der Waals surface area contributed by atoms with Gasteiger partial charge in [-0.15, -0.1) is 0 Å². The number of nitriles is 1. The van der Waals surface area contributed by atoms with Crippen molar-refractivity contribution in [3.8, 4) is 23.7 Å². The summed E-state index contributed by atoms with van der Waals surface area (Å²) in [6.07, 6.45) is 1.63. The Kier molecular flexibility index (Phi) is 6.59. The second-order valence-electron chi connectivity index (χ2n) is 9.76. The molecule has 6 N–H and O–H groups in total. The molecule has 3 aliphatic carbocycles. The van der Waals surface area contributed by atoms with Crippen LogP contribution in [0.25, 0.3) is 5.76 Å². The Labute approximate surface area is 213 Å². The van der Waals surface area contributed by atoms with Crippen LogP contribution in [-0.4, -0.2) is 68.5 Å². The fraction of sp³-hybridized carbons (Fsp3) is 0.407. The van der Waals surface area contributed by atoms with Gasteiger partial charge in [0, 0.05) is 29.9 Å². The number of Topliss-reactive ketones (excluding diaryl/α,β-unsaturated/α-hetero) is 2. The number of fused-ring (bicyclic) bond motifs is 3. The van der Waals surface area contributed by atoms with E-state index in [4.69, 9.17) is 11.0 Å². The maximum absolute atomic E-state index is 13.8. The number of primary amides is 1. The number of carbonyl (C=O) groups is 3. The Morgan fingerprint density at radius 3 is 2.54 bits per heavy atom. The van der Waals surface area contributed by atoms with Gasteiger partial charge in [0.05, 0.1) is 17.7 Å². The van der Waals surface area contributed by atoms with Crippen LogP contribution < -0.4 is 5.73 Å². The molecule has 10 nitrogen and oxygen atoms in total. The van der Waals surface area contributed by atoms with E-state index in [1.807, 2.05) is 0 Å². The Morgan fingerprint density at radius 2 is 1.92 bits per heavy atom. The second kappa shape index (κ2) is 9.40. The molecule has 1 amide bonds. The van der Waals surface area contributed by atoms with E-state index < -0.39 is 58.0 Å². The van der Waals surface area contributed by atoms with E-state index in [-0.39, 0.29) is 29.7 Å². The lowest BCUT2D eigenvalue weighted by Gasteiger charge is -2.50. The minimum Gasteiger partial charge on any atom is -0.508 e. The predicted octanol–water partition coefficient (Wildman–Crippen LogP) is 1.01. The van der Waals surface area contributed by atoms with Crippen LogP contribution in [0.1, 0.15) is 42.4 Å². The third-order valence-electron chi connectivity index (χ3n) is 7.42. The summed E-state index contributed by atoms with van der Waals surface area (Å²) in [6, 6.07) is 3.85.